The standard InChI is InChI=1S/C18H16F3N5O/c1-22-17(27)23-10-12-2-4-13(5-3-12)16-24-11-26(25-16)15-8-6-14(7-9-15)18(19,20)21/h2-9,11H,10H2,1H3,(H2,22,23,27). The fraction of sp³-hybridized carbons (Fsp3) is 0.167. The summed E-state index contributed by atoms with van der Waals surface area (Å²) in [6.45, 7) is 0.382. The van der Waals surface area contributed by atoms with Gasteiger partial charge in [0.05, 0.1) is 11.3 Å². The second-order valence-corrected chi connectivity index (χ2v) is 5.69. The zero-order valence-corrected chi connectivity index (χ0v) is 14.3. The van der Waals surface area contributed by atoms with Gasteiger partial charge < -0.3 is 10.6 Å². The van der Waals surface area contributed by atoms with Gasteiger partial charge in [-0.25, -0.2) is 14.5 Å². The van der Waals surface area contributed by atoms with Crippen LogP contribution in [-0.2, 0) is 12.7 Å². The third kappa shape index (κ3) is 4.43. The van der Waals surface area contributed by atoms with Crippen LogP contribution >= 0.6 is 0 Å². The smallest absolute Gasteiger partial charge is 0.341 e. The summed E-state index contributed by atoms with van der Waals surface area (Å²) in [5.74, 6) is 0.445. The van der Waals surface area contributed by atoms with Crippen molar-refractivity contribution in [3.63, 3.8) is 0 Å². The number of nitrogens with zero attached hydrogens (tertiary/aromatic N) is 3. The molecule has 0 radical (unpaired) electrons. The van der Waals surface area contributed by atoms with E-state index in [9.17, 15) is 18.0 Å². The zero-order chi connectivity index (χ0) is 19.4. The van der Waals surface area contributed by atoms with E-state index in [1.807, 2.05) is 24.3 Å². The van der Waals surface area contributed by atoms with Gasteiger partial charge in [-0.1, -0.05) is 24.3 Å². The number of urea groups is 1. The van der Waals surface area contributed by atoms with Crippen LogP contribution in [0.5, 0.6) is 0 Å². The highest BCUT2D eigenvalue weighted by atomic mass is 19.4. The molecule has 2 amide bonds. The summed E-state index contributed by atoms with van der Waals surface area (Å²) in [5, 5.41) is 9.45. The van der Waals surface area contributed by atoms with Crippen molar-refractivity contribution >= 4 is 6.03 Å². The zero-order valence-electron chi connectivity index (χ0n) is 14.3. The van der Waals surface area contributed by atoms with Crippen LogP contribution in [0.2, 0.25) is 0 Å². The Bertz CT molecular complexity index is 917. The van der Waals surface area contributed by atoms with Gasteiger partial charge in [0.15, 0.2) is 5.82 Å². The lowest BCUT2D eigenvalue weighted by molar-refractivity contribution is -0.137. The van der Waals surface area contributed by atoms with Crippen molar-refractivity contribution in [1.29, 1.82) is 0 Å². The first-order valence-electron chi connectivity index (χ1n) is 8.01. The lowest BCUT2D eigenvalue weighted by Crippen LogP contribution is -2.32. The number of carbonyl (C=O) groups excluding carboxylic acids is 1. The maximum atomic E-state index is 12.6. The summed E-state index contributed by atoms with van der Waals surface area (Å²) in [5.41, 5.74) is 1.43. The number of benzene rings is 2. The highest BCUT2D eigenvalue weighted by Gasteiger charge is 2.30. The highest BCUT2D eigenvalue weighted by molar-refractivity contribution is 5.73. The van der Waals surface area contributed by atoms with Gasteiger partial charge in [0.1, 0.15) is 6.33 Å². The molecule has 140 valence electrons. The van der Waals surface area contributed by atoms with E-state index in [-0.39, 0.29) is 6.03 Å². The molecule has 3 rings (SSSR count). The van der Waals surface area contributed by atoms with Crippen molar-refractivity contribution in [3.05, 3.63) is 66.0 Å². The molecule has 2 aromatic carbocycles. The number of halogens is 3. The van der Waals surface area contributed by atoms with Crippen molar-refractivity contribution < 1.29 is 18.0 Å². The third-order valence-corrected chi connectivity index (χ3v) is 3.84. The van der Waals surface area contributed by atoms with Crippen molar-refractivity contribution in [2.75, 3.05) is 7.05 Å². The van der Waals surface area contributed by atoms with Crippen LogP contribution in [0.1, 0.15) is 11.1 Å². The van der Waals surface area contributed by atoms with Gasteiger partial charge in [-0.15, -0.1) is 5.10 Å². The van der Waals surface area contributed by atoms with E-state index >= 15 is 0 Å². The summed E-state index contributed by atoms with van der Waals surface area (Å²) in [7, 11) is 1.54. The predicted octanol–water partition coefficient (Wildman–Crippen LogP) is 3.38. The number of hydrogen-bond donors (Lipinski definition) is 2. The Kier molecular flexibility index (Phi) is 5.11. The van der Waals surface area contributed by atoms with Crippen molar-refractivity contribution in [2.45, 2.75) is 12.7 Å². The minimum absolute atomic E-state index is 0.268. The molecular formula is C18H16F3N5O. The molecule has 2 N–H and O–H groups in total. The fourth-order valence-corrected chi connectivity index (χ4v) is 2.37. The van der Waals surface area contributed by atoms with E-state index < -0.39 is 11.7 Å². The number of nitrogens with one attached hydrogen (secondary N) is 2. The van der Waals surface area contributed by atoms with E-state index in [1.165, 1.54) is 30.2 Å². The summed E-state index contributed by atoms with van der Waals surface area (Å²) in [6, 6.07) is 11.7. The Morgan fingerprint density at radius 1 is 1.07 bits per heavy atom. The molecule has 0 saturated heterocycles. The Labute approximate surface area is 153 Å². The van der Waals surface area contributed by atoms with E-state index in [4.69, 9.17) is 0 Å². The monoisotopic (exact) mass is 375 g/mol. The molecule has 0 aliphatic rings. The van der Waals surface area contributed by atoms with E-state index in [0.29, 0.717) is 18.1 Å². The van der Waals surface area contributed by atoms with Gasteiger partial charge in [0.25, 0.3) is 0 Å². The normalized spacial score (nSPS) is 11.3. The maximum absolute atomic E-state index is 12.6. The SMILES string of the molecule is CNC(=O)NCc1ccc(-c2ncn(-c3ccc(C(F)(F)F)cc3)n2)cc1. The average Bonchev–Trinajstić information content (AvgIpc) is 3.16. The molecular weight excluding hydrogens is 359 g/mol. The molecule has 0 spiro atoms. The molecule has 1 heterocycles. The Balaban J connectivity index is 1.73. The van der Waals surface area contributed by atoms with E-state index in [1.54, 1.807) is 0 Å². The number of carbonyl (C=O) groups is 1. The Morgan fingerprint density at radius 3 is 2.33 bits per heavy atom. The maximum Gasteiger partial charge on any atom is 0.416 e. The highest BCUT2D eigenvalue weighted by Crippen LogP contribution is 2.29. The van der Waals surface area contributed by atoms with Gasteiger partial charge in [-0.3, -0.25) is 0 Å². The van der Waals surface area contributed by atoms with Crippen molar-refractivity contribution in [3.8, 4) is 17.1 Å². The van der Waals surface area contributed by atoms with Crippen LogP contribution in [0.4, 0.5) is 18.0 Å². The average molecular weight is 375 g/mol. The van der Waals surface area contributed by atoms with Gasteiger partial charge >= 0.3 is 12.2 Å². The van der Waals surface area contributed by atoms with E-state index in [2.05, 4.69) is 20.7 Å². The van der Waals surface area contributed by atoms with Crippen LogP contribution in [-0.4, -0.2) is 27.8 Å². The van der Waals surface area contributed by atoms with Crippen LogP contribution in [0.25, 0.3) is 17.1 Å². The molecule has 3 aromatic rings. The molecule has 27 heavy (non-hydrogen) atoms. The van der Waals surface area contributed by atoms with Crippen LogP contribution in [0, 0.1) is 0 Å². The Hall–Kier alpha value is -3.36. The van der Waals surface area contributed by atoms with Crippen LogP contribution in [0.3, 0.4) is 0 Å². The number of hydrogen-bond acceptors (Lipinski definition) is 3. The van der Waals surface area contributed by atoms with Gasteiger partial charge in [-0.05, 0) is 29.8 Å². The molecule has 0 saturated carbocycles. The molecule has 0 aliphatic heterocycles. The minimum atomic E-state index is -4.37. The Morgan fingerprint density at radius 2 is 1.74 bits per heavy atom. The fourth-order valence-electron chi connectivity index (χ4n) is 2.37. The van der Waals surface area contributed by atoms with Crippen LogP contribution < -0.4 is 10.6 Å². The van der Waals surface area contributed by atoms with Crippen molar-refractivity contribution in [1.82, 2.24) is 25.4 Å². The van der Waals surface area contributed by atoms with Gasteiger partial charge in [0.2, 0.25) is 0 Å². The predicted molar refractivity (Wildman–Crippen MR) is 93.1 cm³/mol. The molecule has 0 unspecified atom stereocenters. The number of alkyl halides is 3. The lowest BCUT2D eigenvalue weighted by Gasteiger charge is -2.07. The first-order valence-corrected chi connectivity index (χ1v) is 8.01. The molecule has 0 fully saturated rings. The molecule has 1 aromatic heterocycles. The van der Waals surface area contributed by atoms with Gasteiger partial charge in [0, 0.05) is 19.2 Å². The number of rotatable bonds is 4. The molecule has 0 atom stereocenters. The third-order valence-electron chi connectivity index (χ3n) is 3.84. The topological polar surface area (TPSA) is 71.8 Å². The molecule has 9 heteroatoms. The van der Waals surface area contributed by atoms with Gasteiger partial charge in [-0.2, -0.15) is 13.2 Å². The number of aromatic nitrogens is 3. The minimum Gasteiger partial charge on any atom is -0.341 e. The van der Waals surface area contributed by atoms with E-state index in [0.717, 1.165) is 23.3 Å². The molecule has 0 bridgehead atoms. The number of amides is 2. The first-order chi connectivity index (χ1) is 12.9. The second-order valence-electron chi connectivity index (χ2n) is 5.69. The summed E-state index contributed by atoms with van der Waals surface area (Å²) in [4.78, 5) is 15.4. The summed E-state index contributed by atoms with van der Waals surface area (Å²) in [6.07, 6.45) is -2.93. The lowest BCUT2D eigenvalue weighted by atomic mass is 10.1. The quantitative estimate of drug-likeness (QED) is 0.734. The van der Waals surface area contributed by atoms with Crippen LogP contribution in [0.15, 0.2) is 54.9 Å². The largest absolute Gasteiger partial charge is 0.416 e. The van der Waals surface area contributed by atoms with Crippen molar-refractivity contribution in [2.24, 2.45) is 0 Å². The summed E-state index contributed by atoms with van der Waals surface area (Å²) >= 11 is 0. The molecule has 6 nitrogen and oxygen atoms in total. The first kappa shape index (κ1) is 18.4. The molecule has 0 aliphatic carbocycles. The summed E-state index contributed by atoms with van der Waals surface area (Å²) < 4.78 is 39.3. The second kappa shape index (κ2) is 7.48.